The summed E-state index contributed by atoms with van der Waals surface area (Å²) in [5.74, 6) is -1.97. The molecule has 0 spiro atoms. The lowest BCUT2D eigenvalue weighted by molar-refractivity contribution is 0.375. The Bertz CT molecular complexity index is 1220. The van der Waals surface area contributed by atoms with Gasteiger partial charge in [-0.2, -0.15) is 0 Å². The molecule has 2 atom stereocenters. The number of nitrogens with one attached hydrogen (secondary N) is 2. The molecule has 1 aromatic carbocycles. The number of piperidine rings is 1. The molecule has 0 amide bonds. The van der Waals surface area contributed by atoms with Crippen molar-refractivity contribution in [2.75, 3.05) is 11.9 Å². The molecule has 0 radical (unpaired) electrons. The summed E-state index contributed by atoms with van der Waals surface area (Å²) in [7, 11) is 0. The molecule has 0 unspecified atom stereocenters. The summed E-state index contributed by atoms with van der Waals surface area (Å²) in [6.07, 6.45) is 3.20. The van der Waals surface area contributed by atoms with Gasteiger partial charge in [0.1, 0.15) is 16.0 Å². The van der Waals surface area contributed by atoms with Crippen LogP contribution in [0.1, 0.15) is 30.6 Å². The van der Waals surface area contributed by atoms with E-state index in [1.54, 1.807) is 0 Å². The highest BCUT2D eigenvalue weighted by atomic mass is 32.1. The predicted octanol–water partition coefficient (Wildman–Crippen LogP) is 5.92. The largest absolute Gasteiger partial charge is 0.348 e. The Morgan fingerprint density at radius 3 is 2.83 bits per heavy atom. The lowest BCUT2D eigenvalue weighted by atomic mass is 9.90. The molecule has 4 heterocycles. The number of anilines is 2. The van der Waals surface area contributed by atoms with E-state index in [2.05, 4.69) is 27.5 Å². The van der Waals surface area contributed by atoms with Crippen LogP contribution in [0.4, 0.5) is 24.5 Å². The van der Waals surface area contributed by atoms with E-state index in [1.165, 1.54) is 22.9 Å². The zero-order valence-corrected chi connectivity index (χ0v) is 17.1. The van der Waals surface area contributed by atoms with Gasteiger partial charge in [-0.25, -0.2) is 23.1 Å². The van der Waals surface area contributed by atoms with E-state index in [-0.39, 0.29) is 11.2 Å². The van der Waals surface area contributed by atoms with E-state index in [0.29, 0.717) is 26.9 Å². The van der Waals surface area contributed by atoms with E-state index in [9.17, 15) is 13.2 Å². The summed E-state index contributed by atoms with van der Waals surface area (Å²) < 4.78 is 44.4. The van der Waals surface area contributed by atoms with Crippen LogP contribution in [0, 0.1) is 17.5 Å². The number of halogens is 3. The van der Waals surface area contributed by atoms with Gasteiger partial charge >= 0.3 is 0 Å². The molecule has 9 heteroatoms. The molecule has 5 rings (SSSR count). The van der Waals surface area contributed by atoms with Crippen molar-refractivity contribution < 1.29 is 13.2 Å². The zero-order valence-electron chi connectivity index (χ0n) is 15.4. The van der Waals surface area contributed by atoms with Gasteiger partial charge in [0.05, 0.1) is 22.1 Å². The summed E-state index contributed by atoms with van der Waals surface area (Å²) in [6, 6.07) is 3.41. The van der Waals surface area contributed by atoms with E-state index in [0.717, 1.165) is 41.8 Å². The van der Waals surface area contributed by atoms with Crippen molar-refractivity contribution in [2.45, 2.75) is 31.7 Å². The fraction of sp³-hybridized carbons (Fsp3) is 0.300. The van der Waals surface area contributed by atoms with Gasteiger partial charge < -0.3 is 10.6 Å². The molecular formula is C20H17F3N4S2. The number of nitrogens with zero attached hydrogens (tertiary/aromatic N) is 2. The molecule has 4 nitrogen and oxygen atoms in total. The van der Waals surface area contributed by atoms with Gasteiger partial charge in [0.2, 0.25) is 0 Å². The van der Waals surface area contributed by atoms with E-state index >= 15 is 0 Å². The van der Waals surface area contributed by atoms with Crippen molar-refractivity contribution in [3.8, 4) is 0 Å². The van der Waals surface area contributed by atoms with Crippen molar-refractivity contribution in [3.05, 3.63) is 46.2 Å². The minimum atomic E-state index is -0.828. The molecule has 1 fully saturated rings. The van der Waals surface area contributed by atoms with Crippen LogP contribution in [0.15, 0.2) is 23.8 Å². The van der Waals surface area contributed by atoms with Crippen LogP contribution in [-0.4, -0.2) is 22.6 Å². The highest BCUT2D eigenvalue weighted by Crippen LogP contribution is 2.40. The van der Waals surface area contributed by atoms with Gasteiger partial charge in [-0.1, -0.05) is 0 Å². The van der Waals surface area contributed by atoms with Gasteiger partial charge in [0, 0.05) is 22.2 Å². The highest BCUT2D eigenvalue weighted by molar-refractivity contribution is 7.18. The van der Waals surface area contributed by atoms with Crippen LogP contribution < -0.4 is 10.6 Å². The number of thiophene rings is 1. The third kappa shape index (κ3) is 3.17. The van der Waals surface area contributed by atoms with Gasteiger partial charge in [0.25, 0.3) is 0 Å². The van der Waals surface area contributed by atoms with Crippen LogP contribution in [-0.2, 0) is 0 Å². The number of aromatic nitrogens is 2. The summed E-state index contributed by atoms with van der Waals surface area (Å²) in [5, 5.41) is 6.64. The molecule has 2 N–H and O–H groups in total. The third-order valence-electron chi connectivity index (χ3n) is 5.43. The molecule has 150 valence electrons. The molecule has 0 aliphatic carbocycles. The average molecular weight is 435 g/mol. The van der Waals surface area contributed by atoms with Crippen molar-refractivity contribution >= 4 is 54.5 Å². The first kappa shape index (κ1) is 18.8. The minimum Gasteiger partial charge on any atom is -0.348 e. The smallest absolute Gasteiger partial charge is 0.176 e. The number of thiazole rings is 1. The van der Waals surface area contributed by atoms with Crippen LogP contribution in [0.3, 0.4) is 0 Å². The van der Waals surface area contributed by atoms with Crippen LogP contribution in [0.2, 0.25) is 0 Å². The maximum Gasteiger partial charge on any atom is 0.176 e. The topological polar surface area (TPSA) is 49.8 Å². The van der Waals surface area contributed by atoms with Gasteiger partial charge in [-0.05, 0) is 38.4 Å². The molecule has 0 saturated carbocycles. The standard InChI is InChI=1S/C20H17F3N4S2/c1-9-10(3-2-4-24-9)14-5-11-17(13(22)7-25-20(11)29-14)27-18-12(21)6-15-19(16(18)23)26-8-28-15/h5-10,24H,2-4H2,1H3,(H,25,27)/t9-,10-/m0/s1. The number of hydrogen-bond acceptors (Lipinski definition) is 6. The second-order valence-electron chi connectivity index (χ2n) is 7.21. The first-order valence-electron chi connectivity index (χ1n) is 9.32. The maximum atomic E-state index is 14.8. The number of benzene rings is 1. The van der Waals surface area contributed by atoms with Crippen molar-refractivity contribution in [3.63, 3.8) is 0 Å². The minimum absolute atomic E-state index is 0.0290. The maximum absolute atomic E-state index is 14.8. The zero-order chi connectivity index (χ0) is 20.1. The number of pyridine rings is 1. The molecule has 29 heavy (non-hydrogen) atoms. The summed E-state index contributed by atoms with van der Waals surface area (Å²) in [5.41, 5.74) is 1.14. The molecule has 4 aromatic rings. The predicted molar refractivity (Wildman–Crippen MR) is 112 cm³/mol. The third-order valence-corrected chi connectivity index (χ3v) is 7.38. The molecule has 1 saturated heterocycles. The normalized spacial score (nSPS) is 19.9. The average Bonchev–Trinajstić information content (AvgIpc) is 3.34. The van der Waals surface area contributed by atoms with Gasteiger partial charge in [0.15, 0.2) is 17.5 Å². The fourth-order valence-corrected chi connectivity index (χ4v) is 5.85. The summed E-state index contributed by atoms with van der Waals surface area (Å²) >= 11 is 2.65. The van der Waals surface area contributed by atoms with Crippen molar-refractivity contribution in [1.82, 2.24) is 15.3 Å². The van der Waals surface area contributed by atoms with E-state index in [4.69, 9.17) is 0 Å². The van der Waals surface area contributed by atoms with Crippen LogP contribution in [0.25, 0.3) is 20.4 Å². The number of hydrogen-bond donors (Lipinski definition) is 2. The second kappa shape index (κ2) is 7.23. The quantitative estimate of drug-likeness (QED) is 0.420. The van der Waals surface area contributed by atoms with Crippen LogP contribution >= 0.6 is 22.7 Å². The Labute approximate surface area is 172 Å². The van der Waals surface area contributed by atoms with Crippen LogP contribution in [0.5, 0.6) is 0 Å². The van der Waals surface area contributed by atoms with Gasteiger partial charge in [-0.15, -0.1) is 22.7 Å². The first-order chi connectivity index (χ1) is 14.0. The number of rotatable bonds is 3. The fourth-order valence-electron chi connectivity index (χ4n) is 3.90. The summed E-state index contributed by atoms with van der Waals surface area (Å²) in [4.78, 5) is 9.87. The Hall–Kier alpha value is -2.23. The lowest BCUT2D eigenvalue weighted by Gasteiger charge is -2.29. The molecular weight excluding hydrogens is 417 g/mol. The summed E-state index contributed by atoms with van der Waals surface area (Å²) in [6.45, 7) is 3.12. The highest BCUT2D eigenvalue weighted by Gasteiger charge is 2.26. The van der Waals surface area contributed by atoms with E-state index in [1.807, 2.05) is 6.07 Å². The molecule has 3 aromatic heterocycles. The SMILES string of the molecule is C[C@@H]1NCCC[C@@H]1c1cc2c(Nc3c(F)cc4scnc4c3F)c(F)cnc2s1. The Balaban J connectivity index is 1.61. The van der Waals surface area contributed by atoms with Crippen molar-refractivity contribution in [2.24, 2.45) is 0 Å². The number of fused-ring (bicyclic) bond motifs is 2. The van der Waals surface area contributed by atoms with Gasteiger partial charge in [-0.3, -0.25) is 0 Å². The first-order valence-corrected chi connectivity index (χ1v) is 11.0. The Morgan fingerprint density at radius 1 is 1.14 bits per heavy atom. The molecule has 1 aliphatic heterocycles. The van der Waals surface area contributed by atoms with E-state index < -0.39 is 23.1 Å². The Kier molecular flexibility index (Phi) is 4.68. The lowest BCUT2D eigenvalue weighted by Crippen LogP contribution is -2.37. The second-order valence-corrected chi connectivity index (χ2v) is 9.16. The molecule has 1 aliphatic rings. The Morgan fingerprint density at radius 2 is 2.00 bits per heavy atom. The molecule has 0 bridgehead atoms. The monoisotopic (exact) mass is 434 g/mol. The van der Waals surface area contributed by atoms with Crippen molar-refractivity contribution in [1.29, 1.82) is 0 Å².